The molecule has 3 aromatic carbocycles. The lowest BCUT2D eigenvalue weighted by atomic mass is 10.0. The predicted octanol–water partition coefficient (Wildman–Crippen LogP) is 5.39. The summed E-state index contributed by atoms with van der Waals surface area (Å²) in [6.07, 6.45) is 2.32. The first-order valence-electron chi connectivity index (χ1n) is 13.7. The molecule has 42 heavy (non-hydrogen) atoms. The van der Waals surface area contributed by atoms with Crippen molar-refractivity contribution in [2.45, 2.75) is 51.7 Å². The monoisotopic (exact) mass is 591 g/mol. The minimum atomic E-state index is -1.08. The molecule has 0 spiro atoms. The van der Waals surface area contributed by atoms with Crippen LogP contribution in [0.2, 0.25) is 5.02 Å². The number of esters is 1. The zero-order valence-corrected chi connectivity index (χ0v) is 24.5. The largest absolute Gasteiger partial charge is 0.491 e. The predicted molar refractivity (Wildman–Crippen MR) is 161 cm³/mol. The maximum Gasteiger partial charge on any atom is 0.338 e. The van der Waals surface area contributed by atoms with Gasteiger partial charge in [-0.05, 0) is 87.6 Å². The first-order chi connectivity index (χ1) is 20.0. The minimum Gasteiger partial charge on any atom is -0.491 e. The van der Waals surface area contributed by atoms with Crippen molar-refractivity contribution in [3.8, 4) is 5.75 Å². The maximum absolute atomic E-state index is 13.3. The standard InChI is InChI=1S/C32H34ClN3O6/c1-32(2,3)42-31(40)22-11-14-24(15-12-22)34-28(37)26(17-20-7-5-4-6-8-20)36-30(39)29(38)35-25-18-23(33)13-16-27(25)41-19-21-9-10-21/h4-8,11-16,18,21,26H,9-10,17,19H2,1-3H3,(H,34,37)(H,35,38)(H,36,39). The fourth-order valence-electron chi connectivity index (χ4n) is 3.94. The number of rotatable bonds is 10. The van der Waals surface area contributed by atoms with Crippen molar-refractivity contribution in [1.82, 2.24) is 5.32 Å². The van der Waals surface area contributed by atoms with E-state index in [1.807, 2.05) is 30.3 Å². The molecule has 0 aliphatic heterocycles. The van der Waals surface area contributed by atoms with Gasteiger partial charge in [0.25, 0.3) is 0 Å². The van der Waals surface area contributed by atoms with E-state index >= 15 is 0 Å². The van der Waals surface area contributed by atoms with Gasteiger partial charge in [0, 0.05) is 17.1 Å². The molecule has 220 valence electrons. The zero-order valence-electron chi connectivity index (χ0n) is 23.7. The Morgan fingerprint density at radius 2 is 1.60 bits per heavy atom. The fraction of sp³-hybridized carbons (Fsp3) is 0.312. The second kappa shape index (κ2) is 13.5. The molecular formula is C32H34ClN3O6. The van der Waals surface area contributed by atoms with Crippen LogP contribution in [-0.4, -0.2) is 41.9 Å². The van der Waals surface area contributed by atoms with Gasteiger partial charge in [-0.25, -0.2) is 4.79 Å². The van der Waals surface area contributed by atoms with Crippen molar-refractivity contribution in [2.24, 2.45) is 5.92 Å². The number of ether oxygens (including phenoxy) is 2. The van der Waals surface area contributed by atoms with E-state index in [9.17, 15) is 19.2 Å². The Labute approximate surface area is 249 Å². The van der Waals surface area contributed by atoms with Crippen LogP contribution in [0.5, 0.6) is 5.75 Å². The van der Waals surface area contributed by atoms with Crippen molar-refractivity contribution < 1.29 is 28.7 Å². The molecule has 0 heterocycles. The van der Waals surface area contributed by atoms with E-state index in [1.165, 1.54) is 18.2 Å². The number of anilines is 2. The summed E-state index contributed by atoms with van der Waals surface area (Å²) < 4.78 is 11.2. The summed E-state index contributed by atoms with van der Waals surface area (Å²) in [7, 11) is 0. The second-order valence-electron chi connectivity index (χ2n) is 11.1. The van der Waals surface area contributed by atoms with Crippen LogP contribution in [0.15, 0.2) is 72.8 Å². The van der Waals surface area contributed by atoms with Crippen LogP contribution in [0.4, 0.5) is 11.4 Å². The molecule has 9 nitrogen and oxygen atoms in total. The van der Waals surface area contributed by atoms with Crippen LogP contribution in [-0.2, 0) is 25.5 Å². The average Bonchev–Trinajstić information content (AvgIpc) is 3.77. The van der Waals surface area contributed by atoms with E-state index in [4.69, 9.17) is 21.1 Å². The summed E-state index contributed by atoms with van der Waals surface area (Å²) >= 11 is 6.12. The van der Waals surface area contributed by atoms with E-state index in [2.05, 4.69) is 16.0 Å². The summed E-state index contributed by atoms with van der Waals surface area (Å²) in [6, 6.07) is 19.0. The number of hydrogen-bond donors (Lipinski definition) is 3. The van der Waals surface area contributed by atoms with Gasteiger partial charge in [0.1, 0.15) is 17.4 Å². The Balaban J connectivity index is 1.44. The third-order valence-electron chi connectivity index (χ3n) is 6.26. The van der Waals surface area contributed by atoms with Crippen LogP contribution in [0.1, 0.15) is 49.5 Å². The third-order valence-corrected chi connectivity index (χ3v) is 6.49. The first kappa shape index (κ1) is 30.6. The van der Waals surface area contributed by atoms with Crippen LogP contribution in [0.3, 0.4) is 0 Å². The Hall–Kier alpha value is -4.37. The molecule has 3 amide bonds. The Bertz CT molecular complexity index is 1430. The molecule has 1 atom stereocenters. The van der Waals surface area contributed by atoms with Crippen molar-refractivity contribution >= 4 is 46.7 Å². The van der Waals surface area contributed by atoms with Crippen molar-refractivity contribution in [3.63, 3.8) is 0 Å². The second-order valence-corrected chi connectivity index (χ2v) is 11.6. The molecule has 1 aliphatic rings. The fourth-order valence-corrected chi connectivity index (χ4v) is 4.11. The van der Waals surface area contributed by atoms with Gasteiger partial charge in [0.2, 0.25) is 5.91 Å². The van der Waals surface area contributed by atoms with Crippen LogP contribution >= 0.6 is 11.6 Å². The van der Waals surface area contributed by atoms with Gasteiger partial charge in [-0.3, -0.25) is 14.4 Å². The quantitative estimate of drug-likeness (QED) is 0.215. The van der Waals surface area contributed by atoms with Gasteiger partial charge in [0.15, 0.2) is 0 Å². The number of carbonyl (C=O) groups excluding carboxylic acids is 4. The van der Waals surface area contributed by atoms with Crippen molar-refractivity contribution in [2.75, 3.05) is 17.2 Å². The molecule has 0 saturated heterocycles. The smallest absolute Gasteiger partial charge is 0.338 e. The number of amides is 3. The van der Waals surface area contributed by atoms with Crippen LogP contribution in [0.25, 0.3) is 0 Å². The molecule has 1 fully saturated rings. The molecule has 1 unspecified atom stereocenters. The molecular weight excluding hydrogens is 558 g/mol. The minimum absolute atomic E-state index is 0.134. The zero-order chi connectivity index (χ0) is 30.3. The van der Waals surface area contributed by atoms with E-state index in [-0.39, 0.29) is 12.1 Å². The molecule has 3 N–H and O–H groups in total. The normalized spacial score (nSPS) is 13.4. The highest BCUT2D eigenvalue weighted by Crippen LogP contribution is 2.33. The van der Waals surface area contributed by atoms with Crippen LogP contribution in [0, 0.1) is 5.92 Å². The molecule has 4 rings (SSSR count). The van der Waals surface area contributed by atoms with Gasteiger partial charge in [0.05, 0.1) is 17.9 Å². The molecule has 10 heteroatoms. The number of carbonyl (C=O) groups is 4. The molecule has 0 radical (unpaired) electrons. The first-order valence-corrected chi connectivity index (χ1v) is 14.1. The lowest BCUT2D eigenvalue weighted by molar-refractivity contribution is -0.137. The molecule has 1 aliphatic carbocycles. The average molecular weight is 592 g/mol. The Morgan fingerprint density at radius 1 is 0.905 bits per heavy atom. The summed E-state index contributed by atoms with van der Waals surface area (Å²) in [5.41, 5.74) is 1.13. The summed E-state index contributed by atoms with van der Waals surface area (Å²) in [4.78, 5) is 51.5. The topological polar surface area (TPSA) is 123 Å². The summed E-state index contributed by atoms with van der Waals surface area (Å²) in [5.74, 6) is -2.11. The molecule has 3 aromatic rings. The van der Waals surface area contributed by atoms with Gasteiger partial charge >= 0.3 is 17.8 Å². The number of halogens is 1. The van der Waals surface area contributed by atoms with E-state index in [0.29, 0.717) is 34.5 Å². The maximum atomic E-state index is 13.3. The summed E-state index contributed by atoms with van der Waals surface area (Å²) in [6.45, 7) is 5.84. The lowest BCUT2D eigenvalue weighted by Crippen LogP contribution is -2.48. The van der Waals surface area contributed by atoms with Gasteiger partial charge in [-0.2, -0.15) is 0 Å². The molecule has 1 saturated carbocycles. The highest BCUT2D eigenvalue weighted by molar-refractivity contribution is 6.40. The number of benzene rings is 3. The third kappa shape index (κ3) is 9.34. The lowest BCUT2D eigenvalue weighted by Gasteiger charge is -2.20. The van der Waals surface area contributed by atoms with Crippen molar-refractivity contribution in [1.29, 1.82) is 0 Å². The van der Waals surface area contributed by atoms with E-state index < -0.39 is 35.3 Å². The highest BCUT2D eigenvalue weighted by Gasteiger charge is 2.27. The SMILES string of the molecule is CC(C)(C)OC(=O)c1ccc(NC(=O)C(Cc2ccccc2)NC(=O)C(=O)Nc2cc(Cl)ccc2OCC2CC2)cc1. The van der Waals surface area contributed by atoms with Gasteiger partial charge < -0.3 is 25.4 Å². The van der Waals surface area contributed by atoms with E-state index in [0.717, 1.165) is 18.4 Å². The highest BCUT2D eigenvalue weighted by atomic mass is 35.5. The van der Waals surface area contributed by atoms with Gasteiger partial charge in [-0.1, -0.05) is 41.9 Å². The molecule has 0 bridgehead atoms. The van der Waals surface area contributed by atoms with Crippen molar-refractivity contribution in [3.05, 3.63) is 88.9 Å². The number of hydrogen-bond acceptors (Lipinski definition) is 6. The Morgan fingerprint density at radius 3 is 2.24 bits per heavy atom. The van der Waals surface area contributed by atoms with Gasteiger partial charge in [-0.15, -0.1) is 0 Å². The molecule has 0 aromatic heterocycles. The van der Waals surface area contributed by atoms with Crippen LogP contribution < -0.4 is 20.7 Å². The number of nitrogens with one attached hydrogen (secondary N) is 3. The Kier molecular flexibility index (Phi) is 9.85. The van der Waals surface area contributed by atoms with E-state index in [1.54, 1.807) is 45.0 Å². The summed E-state index contributed by atoms with van der Waals surface area (Å²) in [5, 5.41) is 8.20.